The minimum absolute atomic E-state index is 0.119. The molecule has 3 heteroatoms. The molecule has 0 radical (unpaired) electrons. The number of likely N-dealkylation sites (tertiary alicyclic amines) is 1. The van der Waals surface area contributed by atoms with Crippen molar-refractivity contribution in [3.63, 3.8) is 0 Å². The van der Waals surface area contributed by atoms with Crippen LogP contribution in [0.15, 0.2) is 0 Å². The van der Waals surface area contributed by atoms with E-state index < -0.39 is 6.17 Å². The van der Waals surface area contributed by atoms with Gasteiger partial charge in [-0.25, -0.2) is 4.39 Å². The summed E-state index contributed by atoms with van der Waals surface area (Å²) in [5.41, 5.74) is 0. The van der Waals surface area contributed by atoms with E-state index in [-0.39, 0.29) is 6.04 Å². The molecule has 13 heavy (non-hydrogen) atoms. The third-order valence-corrected chi connectivity index (χ3v) is 3.22. The number of piperidine rings is 1. The zero-order valence-electron chi connectivity index (χ0n) is 7.84. The van der Waals surface area contributed by atoms with Crippen molar-refractivity contribution in [3.05, 3.63) is 0 Å². The van der Waals surface area contributed by atoms with Crippen molar-refractivity contribution in [3.8, 4) is 0 Å². The average Bonchev–Trinajstić information content (AvgIpc) is 2.53. The molecule has 0 aromatic heterocycles. The molecule has 1 aliphatic carbocycles. The molecule has 1 saturated heterocycles. The van der Waals surface area contributed by atoms with Gasteiger partial charge in [-0.3, -0.25) is 9.69 Å². The smallest absolute Gasteiger partial charge is 0.135 e. The van der Waals surface area contributed by atoms with E-state index >= 15 is 0 Å². The maximum Gasteiger partial charge on any atom is 0.135 e. The second kappa shape index (κ2) is 3.74. The molecule has 74 valence electrons. The van der Waals surface area contributed by atoms with Crippen molar-refractivity contribution >= 4 is 5.78 Å². The summed E-state index contributed by atoms with van der Waals surface area (Å²) in [6, 6.07) is 0.119. The van der Waals surface area contributed by atoms with E-state index in [1.165, 1.54) is 0 Å². The van der Waals surface area contributed by atoms with Crippen LogP contribution in [-0.2, 0) is 4.79 Å². The second-order valence-electron chi connectivity index (χ2n) is 4.09. The molecule has 0 aromatic carbocycles. The highest BCUT2D eigenvalue weighted by Crippen LogP contribution is 2.28. The van der Waals surface area contributed by atoms with Crippen LogP contribution in [0.4, 0.5) is 4.39 Å². The molecule has 2 rings (SSSR count). The molecule has 2 atom stereocenters. The van der Waals surface area contributed by atoms with Gasteiger partial charge in [-0.1, -0.05) is 0 Å². The maximum atomic E-state index is 13.3. The summed E-state index contributed by atoms with van der Waals surface area (Å²) >= 11 is 0. The quantitative estimate of drug-likeness (QED) is 0.617. The minimum atomic E-state index is -0.645. The van der Waals surface area contributed by atoms with Gasteiger partial charge in [0.25, 0.3) is 0 Å². The van der Waals surface area contributed by atoms with Gasteiger partial charge in [-0.2, -0.15) is 0 Å². The first-order valence-corrected chi connectivity index (χ1v) is 5.17. The van der Waals surface area contributed by atoms with E-state index in [9.17, 15) is 9.18 Å². The first-order valence-electron chi connectivity index (χ1n) is 5.17. The first kappa shape index (κ1) is 9.13. The summed E-state index contributed by atoms with van der Waals surface area (Å²) in [5, 5.41) is 0. The third-order valence-electron chi connectivity index (χ3n) is 3.22. The minimum Gasteiger partial charge on any atom is -0.300 e. The van der Waals surface area contributed by atoms with Gasteiger partial charge in [0, 0.05) is 32.0 Å². The zero-order valence-corrected chi connectivity index (χ0v) is 7.84. The highest BCUT2D eigenvalue weighted by Gasteiger charge is 2.33. The number of ketones is 1. The van der Waals surface area contributed by atoms with Crippen LogP contribution in [0.2, 0.25) is 0 Å². The van der Waals surface area contributed by atoms with Gasteiger partial charge in [-0.05, 0) is 19.3 Å². The van der Waals surface area contributed by atoms with Crippen molar-refractivity contribution in [2.45, 2.75) is 44.3 Å². The molecule has 0 spiro atoms. The Bertz CT molecular complexity index is 197. The maximum absolute atomic E-state index is 13.3. The van der Waals surface area contributed by atoms with Gasteiger partial charge in [0.15, 0.2) is 0 Å². The molecule has 0 N–H and O–H groups in total. The number of hydrogen-bond acceptors (Lipinski definition) is 2. The second-order valence-corrected chi connectivity index (χ2v) is 4.09. The number of alkyl halides is 1. The summed E-state index contributed by atoms with van der Waals surface area (Å²) in [7, 11) is 0. The molecule has 2 unspecified atom stereocenters. The fourth-order valence-electron chi connectivity index (χ4n) is 2.41. The molecule has 1 heterocycles. The lowest BCUT2D eigenvalue weighted by molar-refractivity contribution is -0.122. The van der Waals surface area contributed by atoms with Crippen LogP contribution in [0, 0.1) is 0 Å². The van der Waals surface area contributed by atoms with E-state index in [4.69, 9.17) is 0 Å². The van der Waals surface area contributed by atoms with E-state index in [0.717, 1.165) is 32.4 Å². The molecule has 2 nitrogen and oxygen atoms in total. The Morgan fingerprint density at radius 2 is 1.92 bits per heavy atom. The van der Waals surface area contributed by atoms with Crippen LogP contribution >= 0.6 is 0 Å². The summed E-state index contributed by atoms with van der Waals surface area (Å²) < 4.78 is 13.3. The average molecular weight is 185 g/mol. The van der Waals surface area contributed by atoms with Crippen molar-refractivity contribution in [1.29, 1.82) is 0 Å². The summed E-state index contributed by atoms with van der Waals surface area (Å²) in [5.74, 6) is 0.338. The van der Waals surface area contributed by atoms with Gasteiger partial charge < -0.3 is 0 Å². The Hall–Kier alpha value is -0.440. The summed E-state index contributed by atoms with van der Waals surface area (Å²) in [6.45, 7) is 1.56. The van der Waals surface area contributed by atoms with Crippen molar-refractivity contribution in [2.24, 2.45) is 0 Å². The number of halogens is 1. The van der Waals surface area contributed by atoms with Crippen LogP contribution in [0.1, 0.15) is 32.1 Å². The van der Waals surface area contributed by atoms with E-state index in [1.54, 1.807) is 0 Å². The van der Waals surface area contributed by atoms with Crippen molar-refractivity contribution < 1.29 is 9.18 Å². The molecule has 0 amide bonds. The molecule has 2 aliphatic rings. The van der Waals surface area contributed by atoms with Gasteiger partial charge in [-0.15, -0.1) is 0 Å². The van der Waals surface area contributed by atoms with Crippen molar-refractivity contribution in [2.75, 3.05) is 13.1 Å². The Balaban J connectivity index is 1.90. The van der Waals surface area contributed by atoms with Gasteiger partial charge >= 0.3 is 0 Å². The van der Waals surface area contributed by atoms with Crippen LogP contribution in [0.5, 0.6) is 0 Å². The predicted octanol–water partition coefficient (Wildman–Crippen LogP) is 1.54. The zero-order chi connectivity index (χ0) is 9.26. The number of rotatable bonds is 1. The van der Waals surface area contributed by atoms with E-state index in [1.807, 2.05) is 0 Å². The van der Waals surface area contributed by atoms with E-state index in [2.05, 4.69) is 4.90 Å². The van der Waals surface area contributed by atoms with Crippen molar-refractivity contribution in [1.82, 2.24) is 4.90 Å². The molecule has 1 aliphatic heterocycles. The topological polar surface area (TPSA) is 20.3 Å². The Kier molecular flexibility index (Phi) is 2.63. The summed E-state index contributed by atoms with van der Waals surface area (Å²) in [4.78, 5) is 13.2. The van der Waals surface area contributed by atoms with Gasteiger partial charge in [0.1, 0.15) is 12.0 Å². The predicted molar refractivity (Wildman–Crippen MR) is 48.3 cm³/mol. The Morgan fingerprint density at radius 3 is 2.46 bits per heavy atom. The lowest BCUT2D eigenvalue weighted by atomic mass is 10.1. The fourth-order valence-corrected chi connectivity index (χ4v) is 2.41. The van der Waals surface area contributed by atoms with Crippen LogP contribution in [0.25, 0.3) is 0 Å². The largest absolute Gasteiger partial charge is 0.300 e. The number of nitrogens with zero attached hydrogens (tertiary/aromatic N) is 1. The first-order chi connectivity index (χ1) is 6.27. The number of carbonyl (C=O) groups is 1. The molecular weight excluding hydrogens is 169 g/mol. The number of carbonyl (C=O) groups excluding carboxylic acids is 1. The number of Topliss-reactive ketones (excluding diaryl/α,β-unsaturated/α-hetero) is 1. The van der Waals surface area contributed by atoms with Crippen LogP contribution in [-0.4, -0.2) is 36.0 Å². The standard InChI is InChI=1S/C10H16FNO/c11-9-2-1-3-10(9)12-6-4-8(13)5-7-12/h9-10H,1-7H2. The number of hydrogen-bond donors (Lipinski definition) is 0. The molecule has 2 fully saturated rings. The third kappa shape index (κ3) is 1.90. The van der Waals surface area contributed by atoms with Crippen LogP contribution < -0.4 is 0 Å². The van der Waals surface area contributed by atoms with Crippen LogP contribution in [0.3, 0.4) is 0 Å². The molecular formula is C10H16FNO. The summed E-state index contributed by atoms with van der Waals surface area (Å²) in [6.07, 6.45) is 3.32. The highest BCUT2D eigenvalue weighted by atomic mass is 19.1. The highest BCUT2D eigenvalue weighted by molar-refractivity contribution is 5.79. The fraction of sp³-hybridized carbons (Fsp3) is 0.900. The lowest BCUT2D eigenvalue weighted by Crippen LogP contribution is -2.44. The Morgan fingerprint density at radius 1 is 1.23 bits per heavy atom. The Labute approximate surface area is 78.1 Å². The van der Waals surface area contributed by atoms with Gasteiger partial charge in [0.05, 0.1) is 0 Å². The SMILES string of the molecule is O=C1CCN(C2CCCC2F)CC1. The molecule has 1 saturated carbocycles. The monoisotopic (exact) mass is 185 g/mol. The normalized spacial score (nSPS) is 36.8. The van der Waals surface area contributed by atoms with Gasteiger partial charge in [0.2, 0.25) is 0 Å². The lowest BCUT2D eigenvalue weighted by Gasteiger charge is -2.32. The molecule has 0 aromatic rings. The van der Waals surface area contributed by atoms with E-state index in [0.29, 0.717) is 18.6 Å². The molecule has 0 bridgehead atoms.